The van der Waals surface area contributed by atoms with E-state index in [9.17, 15) is 4.79 Å². The zero-order valence-corrected chi connectivity index (χ0v) is 17.9. The summed E-state index contributed by atoms with van der Waals surface area (Å²) in [5.41, 5.74) is 5.00. The van der Waals surface area contributed by atoms with Crippen LogP contribution in [-0.2, 0) is 4.79 Å². The van der Waals surface area contributed by atoms with E-state index in [0.717, 1.165) is 47.7 Å². The molecule has 0 saturated carbocycles. The smallest absolute Gasteiger partial charge is 0.237 e. The van der Waals surface area contributed by atoms with E-state index in [0.29, 0.717) is 0 Å². The van der Waals surface area contributed by atoms with E-state index in [4.69, 9.17) is 0 Å². The first-order valence-electron chi connectivity index (χ1n) is 10.8. The molecule has 30 heavy (non-hydrogen) atoms. The van der Waals surface area contributed by atoms with Gasteiger partial charge in [0.1, 0.15) is 5.92 Å². The number of aliphatic imine (C=N–C) groups is 1. The van der Waals surface area contributed by atoms with Crippen LogP contribution in [0.2, 0.25) is 0 Å². The second-order valence-corrected chi connectivity index (χ2v) is 8.25. The quantitative estimate of drug-likeness (QED) is 0.547. The third kappa shape index (κ3) is 4.89. The van der Waals surface area contributed by atoms with Crippen LogP contribution in [0.25, 0.3) is 0 Å². The Morgan fingerprint density at radius 3 is 2.67 bits per heavy atom. The third-order valence-corrected chi connectivity index (χ3v) is 5.99. The number of nitrogens with one attached hydrogen (secondary N) is 2. The molecule has 0 spiro atoms. The molecule has 6 nitrogen and oxygen atoms in total. The minimum Gasteiger partial charge on any atom is -0.385 e. The van der Waals surface area contributed by atoms with Crippen molar-refractivity contribution < 1.29 is 4.79 Å². The molecule has 2 aromatic carbocycles. The number of hydrogen-bond acceptors (Lipinski definition) is 5. The third-order valence-electron chi connectivity index (χ3n) is 5.99. The summed E-state index contributed by atoms with van der Waals surface area (Å²) in [6.45, 7) is 8.83. The fourth-order valence-electron chi connectivity index (χ4n) is 4.12. The Hall–Kier alpha value is -2.70. The number of nitrogens with zero attached hydrogens (tertiary/aromatic N) is 3. The molecule has 1 saturated heterocycles. The summed E-state index contributed by atoms with van der Waals surface area (Å²) in [7, 11) is 2.19. The van der Waals surface area contributed by atoms with Crippen molar-refractivity contribution in [2.24, 2.45) is 4.99 Å². The van der Waals surface area contributed by atoms with Crippen LogP contribution in [0.4, 0.5) is 17.1 Å². The molecule has 0 radical (unpaired) electrons. The van der Waals surface area contributed by atoms with E-state index >= 15 is 0 Å². The highest BCUT2D eigenvalue weighted by molar-refractivity contribution is 6.13. The molecule has 1 fully saturated rings. The number of rotatable bonds is 7. The van der Waals surface area contributed by atoms with Gasteiger partial charge in [-0.2, -0.15) is 0 Å². The van der Waals surface area contributed by atoms with Crippen molar-refractivity contribution in [2.45, 2.75) is 19.3 Å². The molecule has 1 unspecified atom stereocenters. The fourth-order valence-corrected chi connectivity index (χ4v) is 4.12. The number of aryl methyl sites for hydroxylation is 1. The molecule has 2 N–H and O–H groups in total. The Balaban J connectivity index is 1.27. The Bertz CT molecular complexity index is 900. The topological polar surface area (TPSA) is 60.0 Å². The number of amides is 1. The maximum atomic E-state index is 12.3. The lowest BCUT2D eigenvalue weighted by Gasteiger charge is -2.32. The maximum Gasteiger partial charge on any atom is 0.237 e. The molecule has 0 bridgehead atoms. The normalized spacial score (nSPS) is 19.8. The fraction of sp³-hybridized carbons (Fsp3) is 0.417. The van der Waals surface area contributed by atoms with Crippen molar-refractivity contribution in [1.82, 2.24) is 9.80 Å². The van der Waals surface area contributed by atoms with Gasteiger partial charge in [0, 0.05) is 50.3 Å². The highest BCUT2D eigenvalue weighted by Gasteiger charge is 2.30. The molecule has 2 aromatic rings. The summed E-state index contributed by atoms with van der Waals surface area (Å²) in [6, 6.07) is 14.0. The molecule has 158 valence electrons. The minimum atomic E-state index is -0.325. The van der Waals surface area contributed by atoms with Gasteiger partial charge in [-0.3, -0.25) is 9.79 Å². The lowest BCUT2D eigenvalue weighted by atomic mass is 9.97. The van der Waals surface area contributed by atoms with Crippen LogP contribution in [0.15, 0.2) is 47.5 Å². The molecule has 0 aromatic heterocycles. The average molecular weight is 406 g/mol. The van der Waals surface area contributed by atoms with Crippen molar-refractivity contribution in [1.29, 1.82) is 0 Å². The first kappa shape index (κ1) is 20.6. The van der Waals surface area contributed by atoms with Crippen LogP contribution in [0, 0.1) is 6.92 Å². The number of fused-ring (bicyclic) bond motifs is 1. The summed E-state index contributed by atoms with van der Waals surface area (Å²) in [5, 5.41) is 6.43. The van der Waals surface area contributed by atoms with Gasteiger partial charge in [-0.25, -0.2) is 0 Å². The average Bonchev–Trinajstić information content (AvgIpc) is 3.08. The molecule has 0 aliphatic carbocycles. The van der Waals surface area contributed by atoms with Crippen LogP contribution >= 0.6 is 0 Å². The van der Waals surface area contributed by atoms with Crippen LogP contribution in [0.5, 0.6) is 0 Å². The van der Waals surface area contributed by atoms with E-state index in [1.165, 1.54) is 26.2 Å². The molecular formula is C24H31N5O. The van der Waals surface area contributed by atoms with Gasteiger partial charge in [0.15, 0.2) is 0 Å². The van der Waals surface area contributed by atoms with E-state index in [1.54, 1.807) is 6.21 Å². The number of piperazine rings is 1. The van der Waals surface area contributed by atoms with Crippen LogP contribution < -0.4 is 10.6 Å². The summed E-state index contributed by atoms with van der Waals surface area (Å²) >= 11 is 0. The lowest BCUT2D eigenvalue weighted by Crippen LogP contribution is -2.44. The van der Waals surface area contributed by atoms with Gasteiger partial charge in [-0.15, -0.1) is 0 Å². The molecule has 1 atom stereocenters. The van der Waals surface area contributed by atoms with Gasteiger partial charge in [-0.1, -0.05) is 12.1 Å². The molecule has 6 heteroatoms. The predicted molar refractivity (Wildman–Crippen MR) is 124 cm³/mol. The zero-order valence-electron chi connectivity index (χ0n) is 17.9. The molecule has 1 amide bonds. The predicted octanol–water partition coefficient (Wildman–Crippen LogP) is 3.48. The summed E-state index contributed by atoms with van der Waals surface area (Å²) in [6.07, 6.45) is 2.89. The van der Waals surface area contributed by atoms with Gasteiger partial charge in [0.05, 0.1) is 5.69 Å². The van der Waals surface area contributed by atoms with Crippen LogP contribution in [0.1, 0.15) is 23.5 Å². The van der Waals surface area contributed by atoms with Crippen molar-refractivity contribution >= 4 is 29.2 Å². The first-order valence-corrected chi connectivity index (χ1v) is 10.8. The van der Waals surface area contributed by atoms with E-state index in [-0.39, 0.29) is 11.8 Å². The van der Waals surface area contributed by atoms with Gasteiger partial charge >= 0.3 is 0 Å². The highest BCUT2D eigenvalue weighted by atomic mass is 16.2. The van der Waals surface area contributed by atoms with Crippen molar-refractivity contribution in [3.05, 3.63) is 53.6 Å². The molecular weight excluding hydrogens is 374 g/mol. The Labute approximate surface area is 179 Å². The number of benzene rings is 2. The number of likely N-dealkylation sites (N-methyl/N-ethyl adjacent to an activating group) is 1. The second-order valence-electron chi connectivity index (χ2n) is 8.25. The maximum absolute atomic E-state index is 12.3. The largest absolute Gasteiger partial charge is 0.385 e. The SMILES string of the molecule is Cc1cccc2c1C(C=Nc1ccc(NCCCN3CCN(C)CC3)cc1)C(=O)N2. The molecule has 2 aliphatic rings. The first-order chi connectivity index (χ1) is 14.6. The van der Waals surface area contributed by atoms with Crippen molar-refractivity contribution in [3.8, 4) is 0 Å². The second kappa shape index (κ2) is 9.41. The Morgan fingerprint density at radius 1 is 1.13 bits per heavy atom. The van der Waals surface area contributed by atoms with Gasteiger partial charge < -0.3 is 20.4 Å². The monoisotopic (exact) mass is 405 g/mol. The molecule has 2 aliphatic heterocycles. The Morgan fingerprint density at radius 2 is 1.90 bits per heavy atom. The van der Waals surface area contributed by atoms with Gasteiger partial charge in [0.25, 0.3) is 0 Å². The highest BCUT2D eigenvalue weighted by Crippen LogP contribution is 2.34. The summed E-state index contributed by atoms with van der Waals surface area (Å²) < 4.78 is 0. The Kier molecular flexibility index (Phi) is 6.45. The van der Waals surface area contributed by atoms with Crippen LogP contribution in [0.3, 0.4) is 0 Å². The summed E-state index contributed by atoms with van der Waals surface area (Å²) in [5.74, 6) is -0.338. The zero-order chi connectivity index (χ0) is 20.9. The van der Waals surface area contributed by atoms with Gasteiger partial charge in [0.2, 0.25) is 5.91 Å². The number of carbonyl (C=O) groups excluding carboxylic acids is 1. The molecule has 2 heterocycles. The number of hydrogen-bond donors (Lipinski definition) is 2. The number of anilines is 2. The minimum absolute atomic E-state index is 0.0123. The lowest BCUT2D eigenvalue weighted by molar-refractivity contribution is -0.115. The number of carbonyl (C=O) groups is 1. The van der Waals surface area contributed by atoms with Gasteiger partial charge in [-0.05, 0) is 68.4 Å². The molecule has 4 rings (SSSR count). The van der Waals surface area contributed by atoms with Crippen LogP contribution in [-0.4, -0.2) is 68.2 Å². The van der Waals surface area contributed by atoms with Crippen molar-refractivity contribution in [3.63, 3.8) is 0 Å². The van der Waals surface area contributed by atoms with Crippen molar-refractivity contribution in [2.75, 3.05) is 56.9 Å². The van der Waals surface area contributed by atoms with E-state index in [1.807, 2.05) is 37.3 Å². The van der Waals surface area contributed by atoms with E-state index in [2.05, 4.69) is 44.6 Å². The standard InChI is InChI=1S/C24H31N5O/c1-18-5-3-6-22-23(18)21(24(30)27-22)17-26-20-9-7-19(8-10-20)25-11-4-12-29-15-13-28(2)14-16-29/h3,5-10,17,21,25H,4,11-16H2,1-2H3,(H,27,30). The summed E-state index contributed by atoms with van der Waals surface area (Å²) in [4.78, 5) is 21.8. The van der Waals surface area contributed by atoms with E-state index < -0.39 is 0 Å².